The van der Waals surface area contributed by atoms with Crippen molar-refractivity contribution in [3.63, 3.8) is 0 Å². The molecule has 2 saturated heterocycles. The molecule has 1 atom stereocenters. The van der Waals surface area contributed by atoms with Crippen LogP contribution in [0.2, 0.25) is 0 Å². The van der Waals surface area contributed by atoms with Gasteiger partial charge in [-0.15, -0.1) is 0 Å². The molecule has 2 heterocycles. The Bertz CT molecular complexity index is 314. The van der Waals surface area contributed by atoms with Crippen LogP contribution in [0, 0.1) is 12.3 Å². The van der Waals surface area contributed by atoms with E-state index in [1.165, 1.54) is 6.42 Å². The SMILES string of the molecule is [CH2+]C(C)(C)OC(=O)N1CCC2(CCN[C@@H]2C)CC1. The summed E-state index contributed by atoms with van der Waals surface area (Å²) >= 11 is 0. The first-order chi connectivity index (χ1) is 8.32. The third-order valence-corrected chi connectivity index (χ3v) is 4.37. The summed E-state index contributed by atoms with van der Waals surface area (Å²) in [6, 6.07) is 0.569. The molecule has 0 aromatic rings. The Hall–Kier alpha value is -0.900. The largest absolute Gasteiger partial charge is 0.413 e. The first-order valence-electron chi connectivity index (χ1n) is 6.89. The van der Waals surface area contributed by atoms with E-state index in [1.807, 2.05) is 4.90 Å². The molecular formula is C14H25N2O2+. The zero-order valence-corrected chi connectivity index (χ0v) is 11.8. The molecule has 2 rings (SSSR count). The Kier molecular flexibility index (Phi) is 3.49. The zero-order valence-electron chi connectivity index (χ0n) is 11.8. The predicted molar refractivity (Wildman–Crippen MR) is 71.2 cm³/mol. The van der Waals surface area contributed by atoms with E-state index in [-0.39, 0.29) is 6.09 Å². The second-order valence-electron chi connectivity index (χ2n) is 6.40. The Morgan fingerprint density at radius 2 is 2.00 bits per heavy atom. The van der Waals surface area contributed by atoms with Crippen molar-refractivity contribution in [3.8, 4) is 0 Å². The number of nitrogens with one attached hydrogen (secondary N) is 1. The Morgan fingerprint density at radius 1 is 1.39 bits per heavy atom. The van der Waals surface area contributed by atoms with Crippen LogP contribution in [0.4, 0.5) is 4.79 Å². The summed E-state index contributed by atoms with van der Waals surface area (Å²) in [4.78, 5) is 13.8. The molecular weight excluding hydrogens is 228 g/mol. The lowest BCUT2D eigenvalue weighted by Crippen LogP contribution is -2.48. The molecule has 0 bridgehead atoms. The van der Waals surface area contributed by atoms with Crippen LogP contribution < -0.4 is 5.32 Å². The molecule has 1 N–H and O–H groups in total. The van der Waals surface area contributed by atoms with Crippen LogP contribution in [0.5, 0.6) is 0 Å². The summed E-state index contributed by atoms with van der Waals surface area (Å²) in [7, 11) is 0. The summed E-state index contributed by atoms with van der Waals surface area (Å²) in [6.07, 6.45) is 3.17. The molecule has 1 amide bonds. The number of nitrogens with zero attached hydrogens (tertiary/aromatic N) is 1. The maximum absolute atomic E-state index is 11.9. The van der Waals surface area contributed by atoms with Gasteiger partial charge in [0.25, 0.3) is 0 Å². The van der Waals surface area contributed by atoms with Gasteiger partial charge in [-0.25, -0.2) is 4.79 Å². The second-order valence-corrected chi connectivity index (χ2v) is 6.40. The standard InChI is InChI=1S/C14H25N2O2/c1-11-14(5-8-15-11)6-9-16(10-7-14)12(17)18-13(2,3)4/h11,15H,2,5-10H2,1,3-4H3/q+1/t11-/m1/s1. The van der Waals surface area contributed by atoms with Crippen LogP contribution >= 0.6 is 0 Å². The van der Waals surface area contributed by atoms with Crippen molar-refractivity contribution in [2.75, 3.05) is 19.6 Å². The van der Waals surface area contributed by atoms with Gasteiger partial charge in [-0.2, -0.15) is 0 Å². The number of carbonyl (C=O) groups excluding carboxylic acids is 1. The van der Waals surface area contributed by atoms with Crippen LogP contribution in [0.1, 0.15) is 40.0 Å². The first kappa shape index (κ1) is 13.5. The lowest BCUT2D eigenvalue weighted by atomic mass is 9.73. The number of hydrogen-bond acceptors (Lipinski definition) is 3. The van der Waals surface area contributed by atoms with Crippen LogP contribution in [-0.2, 0) is 4.74 Å². The minimum atomic E-state index is -0.644. The van der Waals surface area contributed by atoms with E-state index in [4.69, 9.17) is 4.74 Å². The molecule has 18 heavy (non-hydrogen) atoms. The molecule has 4 nitrogen and oxygen atoms in total. The molecule has 0 radical (unpaired) electrons. The van der Waals surface area contributed by atoms with Crippen molar-refractivity contribution in [3.05, 3.63) is 6.92 Å². The Morgan fingerprint density at radius 3 is 2.44 bits per heavy atom. The zero-order chi connectivity index (χ0) is 13.4. The number of ether oxygens (including phenoxy) is 1. The van der Waals surface area contributed by atoms with Crippen molar-refractivity contribution in [2.24, 2.45) is 5.41 Å². The van der Waals surface area contributed by atoms with E-state index in [0.717, 1.165) is 32.5 Å². The van der Waals surface area contributed by atoms with E-state index in [2.05, 4.69) is 19.2 Å². The summed E-state index contributed by atoms with van der Waals surface area (Å²) in [5, 5.41) is 3.52. The topological polar surface area (TPSA) is 41.6 Å². The minimum Gasteiger partial charge on any atom is -0.403 e. The molecule has 0 aromatic carbocycles. The van der Waals surface area contributed by atoms with Gasteiger partial charge in [0.1, 0.15) is 6.92 Å². The molecule has 2 aliphatic rings. The molecule has 0 unspecified atom stereocenters. The lowest BCUT2D eigenvalue weighted by Gasteiger charge is -2.41. The molecule has 4 heteroatoms. The molecule has 0 saturated carbocycles. The third kappa shape index (κ3) is 2.74. The van der Waals surface area contributed by atoms with Gasteiger partial charge in [0, 0.05) is 33.0 Å². The average molecular weight is 253 g/mol. The molecule has 2 aliphatic heterocycles. The Balaban J connectivity index is 1.89. The van der Waals surface area contributed by atoms with Gasteiger partial charge in [0.2, 0.25) is 5.60 Å². The van der Waals surface area contributed by atoms with Gasteiger partial charge in [0.05, 0.1) is 0 Å². The molecule has 0 aliphatic carbocycles. The number of rotatable bonds is 1. The summed E-state index contributed by atoms with van der Waals surface area (Å²) < 4.78 is 5.32. The van der Waals surface area contributed by atoms with E-state index in [9.17, 15) is 4.79 Å². The average Bonchev–Trinajstić information content (AvgIpc) is 2.59. The van der Waals surface area contributed by atoms with Gasteiger partial charge in [-0.1, -0.05) is 0 Å². The second kappa shape index (κ2) is 4.65. The molecule has 102 valence electrons. The number of hydrogen-bond donors (Lipinski definition) is 1. The van der Waals surface area contributed by atoms with Crippen LogP contribution in [0.15, 0.2) is 0 Å². The summed E-state index contributed by atoms with van der Waals surface area (Å²) in [5.74, 6) is 0. The van der Waals surface area contributed by atoms with Gasteiger partial charge in [-0.3, -0.25) is 0 Å². The highest BCUT2D eigenvalue weighted by molar-refractivity contribution is 5.68. The van der Waals surface area contributed by atoms with Crippen molar-refractivity contribution in [2.45, 2.75) is 51.7 Å². The summed E-state index contributed by atoms with van der Waals surface area (Å²) in [6.45, 7) is 12.4. The van der Waals surface area contributed by atoms with Crippen LogP contribution in [0.25, 0.3) is 0 Å². The fraction of sp³-hybridized carbons (Fsp3) is 0.857. The van der Waals surface area contributed by atoms with E-state index >= 15 is 0 Å². The number of piperidine rings is 1. The smallest absolute Gasteiger partial charge is 0.403 e. The number of carbonyl (C=O) groups is 1. The minimum absolute atomic E-state index is 0.219. The monoisotopic (exact) mass is 253 g/mol. The maximum atomic E-state index is 11.9. The Labute approximate surface area is 110 Å². The van der Waals surface area contributed by atoms with Gasteiger partial charge in [0.15, 0.2) is 0 Å². The highest BCUT2D eigenvalue weighted by Gasteiger charge is 2.43. The third-order valence-electron chi connectivity index (χ3n) is 4.37. The summed E-state index contributed by atoms with van der Waals surface area (Å²) in [5.41, 5.74) is -0.245. The van der Waals surface area contributed by atoms with Crippen molar-refractivity contribution < 1.29 is 9.53 Å². The molecule has 0 aromatic heterocycles. The molecule has 1 spiro atoms. The highest BCUT2D eigenvalue weighted by atomic mass is 16.6. The fourth-order valence-electron chi connectivity index (χ4n) is 3.09. The van der Waals surface area contributed by atoms with E-state index < -0.39 is 5.60 Å². The van der Waals surface area contributed by atoms with Gasteiger partial charge >= 0.3 is 6.09 Å². The predicted octanol–water partition coefficient (Wildman–Crippen LogP) is 2.20. The fourth-order valence-corrected chi connectivity index (χ4v) is 3.09. The van der Waals surface area contributed by atoms with E-state index in [1.54, 1.807) is 13.8 Å². The van der Waals surface area contributed by atoms with Crippen LogP contribution in [-0.4, -0.2) is 42.3 Å². The lowest BCUT2D eigenvalue weighted by molar-refractivity contribution is 0.0203. The normalized spacial score (nSPS) is 27.5. The highest BCUT2D eigenvalue weighted by Crippen LogP contribution is 2.41. The van der Waals surface area contributed by atoms with Crippen molar-refractivity contribution in [1.82, 2.24) is 10.2 Å². The number of likely N-dealkylation sites (tertiary alicyclic amines) is 1. The first-order valence-corrected chi connectivity index (χ1v) is 6.89. The van der Waals surface area contributed by atoms with Gasteiger partial charge < -0.3 is 15.0 Å². The van der Waals surface area contributed by atoms with Crippen molar-refractivity contribution >= 4 is 6.09 Å². The quantitative estimate of drug-likeness (QED) is 0.728. The molecule has 2 fully saturated rings. The maximum Gasteiger partial charge on any atom is 0.413 e. The number of amides is 1. The van der Waals surface area contributed by atoms with Crippen molar-refractivity contribution in [1.29, 1.82) is 0 Å². The van der Waals surface area contributed by atoms with E-state index in [0.29, 0.717) is 11.5 Å². The van der Waals surface area contributed by atoms with Crippen LogP contribution in [0.3, 0.4) is 0 Å². The van der Waals surface area contributed by atoms with Gasteiger partial charge in [-0.05, 0) is 38.1 Å².